The predicted octanol–water partition coefficient (Wildman–Crippen LogP) is 6.71. The van der Waals surface area contributed by atoms with Crippen LogP contribution in [0, 0.1) is 16.7 Å². The molecule has 0 spiro atoms. The molecule has 2 rings (SSSR count). The number of carbonyl (C=O) groups excluding carboxylic acids is 1. The van der Waals surface area contributed by atoms with Gasteiger partial charge < -0.3 is 0 Å². The Morgan fingerprint density at radius 2 is 1.86 bits per heavy atom. The highest BCUT2D eigenvalue weighted by Gasteiger charge is 2.48. The van der Waals surface area contributed by atoms with E-state index in [0.717, 1.165) is 19.3 Å². The summed E-state index contributed by atoms with van der Waals surface area (Å²) < 4.78 is 0. The third-order valence-corrected chi connectivity index (χ3v) is 5.64. The summed E-state index contributed by atoms with van der Waals surface area (Å²) in [5.74, 6) is 0.875. The van der Waals surface area contributed by atoms with Gasteiger partial charge in [0.25, 0.3) is 0 Å². The second kappa shape index (κ2) is 7.79. The van der Waals surface area contributed by atoms with Crippen LogP contribution in [-0.2, 0) is 4.79 Å². The van der Waals surface area contributed by atoms with Gasteiger partial charge in [0.1, 0.15) is 5.78 Å². The standard InChI is InChI=1S/C19H32O.C2H6/c1-14(8-6-12-18(2,3)4)15-10-11-16-17(20)9-7-13-19(15,16)5;1-2/h16H,6-13H2,1-5H3;1-2H3/b15-14-;. The first-order valence-electron chi connectivity index (χ1n) is 9.46. The van der Waals surface area contributed by atoms with Crippen LogP contribution in [0.5, 0.6) is 0 Å². The lowest BCUT2D eigenvalue weighted by Gasteiger charge is -2.37. The van der Waals surface area contributed by atoms with E-state index in [4.69, 9.17) is 0 Å². The molecule has 0 aliphatic heterocycles. The summed E-state index contributed by atoms with van der Waals surface area (Å²) in [6.45, 7) is 15.7. The first-order chi connectivity index (χ1) is 10.2. The fourth-order valence-corrected chi connectivity index (χ4v) is 4.48. The topological polar surface area (TPSA) is 17.1 Å². The van der Waals surface area contributed by atoms with Crippen LogP contribution < -0.4 is 0 Å². The molecule has 2 unspecified atom stereocenters. The zero-order valence-electron chi connectivity index (χ0n) is 16.1. The Hall–Kier alpha value is -0.590. The van der Waals surface area contributed by atoms with Crippen molar-refractivity contribution in [3.8, 4) is 0 Å². The van der Waals surface area contributed by atoms with Gasteiger partial charge in [0, 0.05) is 12.3 Å². The van der Waals surface area contributed by atoms with Crippen molar-refractivity contribution < 1.29 is 4.79 Å². The zero-order valence-corrected chi connectivity index (χ0v) is 16.1. The predicted molar refractivity (Wildman–Crippen MR) is 97.0 cm³/mol. The van der Waals surface area contributed by atoms with Gasteiger partial charge in [0.05, 0.1) is 0 Å². The van der Waals surface area contributed by atoms with Crippen LogP contribution in [0.15, 0.2) is 11.1 Å². The Labute approximate surface area is 139 Å². The maximum atomic E-state index is 12.2. The molecule has 1 nitrogen and oxygen atoms in total. The Bertz CT molecular complexity index is 410. The summed E-state index contributed by atoms with van der Waals surface area (Å²) in [5, 5.41) is 0. The van der Waals surface area contributed by atoms with Crippen LogP contribution in [0.1, 0.15) is 99.8 Å². The quantitative estimate of drug-likeness (QED) is 0.529. The molecule has 2 aliphatic rings. The summed E-state index contributed by atoms with van der Waals surface area (Å²) in [5.41, 5.74) is 3.88. The highest BCUT2D eigenvalue weighted by molar-refractivity contribution is 5.84. The molecule has 0 saturated heterocycles. The van der Waals surface area contributed by atoms with Crippen LogP contribution in [0.25, 0.3) is 0 Å². The van der Waals surface area contributed by atoms with Crippen LogP contribution in [0.4, 0.5) is 0 Å². The number of hydrogen-bond donors (Lipinski definition) is 0. The Balaban J connectivity index is 0.00000116. The minimum absolute atomic E-state index is 0.209. The van der Waals surface area contributed by atoms with E-state index >= 15 is 0 Å². The summed E-state index contributed by atoms with van der Waals surface area (Å²) >= 11 is 0. The van der Waals surface area contributed by atoms with Crippen molar-refractivity contribution >= 4 is 5.78 Å². The van der Waals surface area contributed by atoms with Crippen molar-refractivity contribution in [2.75, 3.05) is 0 Å². The van der Waals surface area contributed by atoms with Crippen molar-refractivity contribution in [2.24, 2.45) is 16.7 Å². The number of Topliss-reactive ketones (excluding diaryl/α,β-unsaturated/α-hetero) is 1. The molecule has 0 amide bonds. The number of ketones is 1. The summed E-state index contributed by atoms with van der Waals surface area (Å²) in [6.07, 6.45) is 9.25. The maximum absolute atomic E-state index is 12.2. The van der Waals surface area contributed by atoms with Crippen molar-refractivity contribution in [3.05, 3.63) is 11.1 Å². The number of allylic oxidation sites excluding steroid dienone is 2. The molecule has 22 heavy (non-hydrogen) atoms. The van der Waals surface area contributed by atoms with Crippen molar-refractivity contribution in [1.29, 1.82) is 0 Å². The normalized spacial score (nSPS) is 30.5. The van der Waals surface area contributed by atoms with Crippen LogP contribution >= 0.6 is 0 Å². The zero-order chi connectivity index (χ0) is 17.0. The molecule has 0 aromatic rings. The largest absolute Gasteiger partial charge is 0.299 e. The average Bonchev–Trinajstić information content (AvgIpc) is 2.78. The van der Waals surface area contributed by atoms with Gasteiger partial charge in [-0.25, -0.2) is 0 Å². The Morgan fingerprint density at radius 3 is 2.45 bits per heavy atom. The lowest BCUT2D eigenvalue weighted by atomic mass is 9.66. The molecule has 0 bridgehead atoms. The highest BCUT2D eigenvalue weighted by atomic mass is 16.1. The maximum Gasteiger partial charge on any atom is 0.136 e. The molecule has 0 radical (unpaired) electrons. The lowest BCUT2D eigenvalue weighted by Crippen LogP contribution is -2.34. The molecule has 0 aromatic heterocycles. The van der Waals surface area contributed by atoms with Crippen molar-refractivity contribution in [1.82, 2.24) is 0 Å². The number of rotatable bonds is 3. The minimum Gasteiger partial charge on any atom is -0.299 e. The highest BCUT2D eigenvalue weighted by Crippen LogP contribution is 2.55. The fraction of sp³-hybridized carbons (Fsp3) is 0.857. The van der Waals surface area contributed by atoms with Gasteiger partial charge in [-0.3, -0.25) is 4.79 Å². The van der Waals surface area contributed by atoms with E-state index in [2.05, 4.69) is 34.6 Å². The Kier molecular flexibility index (Phi) is 6.89. The minimum atomic E-state index is 0.209. The van der Waals surface area contributed by atoms with Gasteiger partial charge in [0.2, 0.25) is 0 Å². The van der Waals surface area contributed by atoms with Gasteiger partial charge in [-0.2, -0.15) is 0 Å². The molecular weight excluding hydrogens is 268 g/mol. The lowest BCUT2D eigenvalue weighted by molar-refractivity contribution is -0.127. The van der Waals surface area contributed by atoms with Crippen LogP contribution in [0.2, 0.25) is 0 Å². The van der Waals surface area contributed by atoms with Crippen molar-refractivity contribution in [3.63, 3.8) is 0 Å². The number of fused-ring (bicyclic) bond motifs is 1. The van der Waals surface area contributed by atoms with E-state index in [1.54, 1.807) is 11.1 Å². The molecule has 2 atom stereocenters. The third kappa shape index (κ3) is 4.46. The molecular formula is C21H38O. The van der Waals surface area contributed by atoms with E-state index in [1.165, 1.54) is 32.1 Å². The van der Waals surface area contributed by atoms with E-state index in [-0.39, 0.29) is 5.41 Å². The molecule has 2 fully saturated rings. The van der Waals surface area contributed by atoms with Gasteiger partial charge in [-0.1, -0.05) is 52.7 Å². The molecule has 0 heterocycles. The fourth-order valence-electron chi connectivity index (χ4n) is 4.48. The SMILES string of the molecule is C/C(CCCC(C)(C)C)=C1\CCC2C(=O)CCCC12C.CC. The van der Waals surface area contributed by atoms with E-state index in [9.17, 15) is 4.79 Å². The molecule has 2 saturated carbocycles. The number of hydrogen-bond acceptors (Lipinski definition) is 1. The van der Waals surface area contributed by atoms with E-state index in [0.29, 0.717) is 17.1 Å². The van der Waals surface area contributed by atoms with E-state index < -0.39 is 0 Å². The van der Waals surface area contributed by atoms with Gasteiger partial charge >= 0.3 is 0 Å². The average molecular weight is 307 g/mol. The first kappa shape index (κ1) is 19.5. The first-order valence-corrected chi connectivity index (χ1v) is 9.46. The third-order valence-electron chi connectivity index (χ3n) is 5.64. The molecule has 0 N–H and O–H groups in total. The van der Waals surface area contributed by atoms with Gasteiger partial charge in [0.15, 0.2) is 0 Å². The number of carbonyl (C=O) groups is 1. The van der Waals surface area contributed by atoms with Gasteiger partial charge in [-0.05, 0) is 62.7 Å². The summed E-state index contributed by atoms with van der Waals surface area (Å²) in [6, 6.07) is 0. The van der Waals surface area contributed by atoms with E-state index in [1.807, 2.05) is 13.8 Å². The second-order valence-corrected chi connectivity index (χ2v) is 8.50. The summed E-state index contributed by atoms with van der Waals surface area (Å²) in [4.78, 5) is 12.2. The molecule has 1 heteroatoms. The molecule has 0 aromatic carbocycles. The molecule has 128 valence electrons. The van der Waals surface area contributed by atoms with Crippen LogP contribution in [0.3, 0.4) is 0 Å². The van der Waals surface area contributed by atoms with Gasteiger partial charge in [-0.15, -0.1) is 0 Å². The van der Waals surface area contributed by atoms with Crippen molar-refractivity contribution in [2.45, 2.75) is 99.8 Å². The molecule has 2 aliphatic carbocycles. The van der Waals surface area contributed by atoms with Crippen LogP contribution in [-0.4, -0.2) is 5.78 Å². The monoisotopic (exact) mass is 306 g/mol. The summed E-state index contributed by atoms with van der Waals surface area (Å²) in [7, 11) is 0. The smallest absolute Gasteiger partial charge is 0.136 e. The Morgan fingerprint density at radius 1 is 1.23 bits per heavy atom. The second-order valence-electron chi connectivity index (χ2n) is 8.50.